The zero-order chi connectivity index (χ0) is 11.7. The molecule has 0 unspecified atom stereocenters. The Bertz CT molecular complexity index is 362. The molecule has 1 heterocycles. The van der Waals surface area contributed by atoms with Gasteiger partial charge in [-0.25, -0.2) is 4.79 Å². The lowest BCUT2D eigenvalue weighted by atomic mass is 9.88. The third-order valence-corrected chi connectivity index (χ3v) is 1.04. The molecular weight excluding hydrogens is 214 g/mol. The molecule has 0 saturated heterocycles. The second-order valence-electron chi connectivity index (χ2n) is 2.08. The Hall–Kier alpha value is -1.97. The Kier molecular flexibility index (Phi) is 9.85. The van der Waals surface area contributed by atoms with Gasteiger partial charge in [-0.1, -0.05) is 0 Å². The molecule has 1 aromatic heterocycles. The number of carbonyl (C=O) groups excluding carboxylic acids is 1. The average Bonchev–Trinajstić information content (AvgIpc) is 2.68. The van der Waals surface area contributed by atoms with Crippen LogP contribution in [0.2, 0.25) is 0 Å². The van der Waals surface area contributed by atoms with Crippen LogP contribution in [0.3, 0.4) is 0 Å². The van der Waals surface area contributed by atoms with Crippen LogP contribution in [0.25, 0.3) is 0 Å². The first-order valence-corrected chi connectivity index (χ1v) is 3.65. The molecule has 0 amide bonds. The van der Waals surface area contributed by atoms with Crippen LogP contribution in [0.15, 0.2) is 22.8 Å². The standard InChI is InChI=1S/C4H5BO3.C4H2O3.B/c6-5(7)4-2-1-3-8-4;5-3-1-2-4(6)7;/h1-3,6-7H;3H,(H,6,7);. The summed E-state index contributed by atoms with van der Waals surface area (Å²) in [6.45, 7) is 0. The van der Waals surface area contributed by atoms with E-state index in [1.54, 1.807) is 17.9 Å². The smallest absolute Gasteiger partial charge is 0.473 e. The Labute approximate surface area is 93.6 Å². The number of aliphatic carboxylic acids is 1. The molecule has 0 aliphatic rings. The first kappa shape index (κ1) is 16.5. The van der Waals surface area contributed by atoms with E-state index in [9.17, 15) is 9.59 Å². The molecule has 0 saturated carbocycles. The summed E-state index contributed by atoms with van der Waals surface area (Å²) >= 11 is 0. The van der Waals surface area contributed by atoms with Crippen molar-refractivity contribution in [2.24, 2.45) is 0 Å². The summed E-state index contributed by atoms with van der Waals surface area (Å²) in [5, 5.41) is 24.5. The van der Waals surface area contributed by atoms with E-state index >= 15 is 0 Å². The van der Waals surface area contributed by atoms with Gasteiger partial charge >= 0.3 is 13.1 Å². The van der Waals surface area contributed by atoms with Gasteiger partial charge < -0.3 is 19.6 Å². The third kappa shape index (κ3) is 8.62. The number of furan rings is 1. The maximum atomic E-state index is 9.43. The summed E-state index contributed by atoms with van der Waals surface area (Å²) in [4.78, 5) is 18.7. The molecule has 0 aliphatic heterocycles. The Morgan fingerprint density at radius 2 is 2.12 bits per heavy atom. The van der Waals surface area contributed by atoms with Crippen molar-refractivity contribution in [2.45, 2.75) is 0 Å². The molecule has 16 heavy (non-hydrogen) atoms. The number of rotatable bonds is 1. The maximum Gasteiger partial charge on any atom is 0.526 e. The van der Waals surface area contributed by atoms with Gasteiger partial charge in [0, 0.05) is 14.3 Å². The normalized spacial score (nSPS) is 7.12. The van der Waals surface area contributed by atoms with Gasteiger partial charge in [0.15, 0.2) is 6.29 Å². The fourth-order valence-electron chi connectivity index (χ4n) is 0.529. The molecule has 6 nitrogen and oxygen atoms in total. The molecule has 0 aromatic carbocycles. The molecule has 0 spiro atoms. The number of carboxylic acid groups (broad SMARTS) is 1. The van der Waals surface area contributed by atoms with Gasteiger partial charge in [-0.15, -0.1) is 0 Å². The Morgan fingerprint density at radius 3 is 2.31 bits per heavy atom. The number of carboxylic acids is 1. The lowest BCUT2D eigenvalue weighted by Gasteiger charge is -1.86. The highest BCUT2D eigenvalue weighted by atomic mass is 16.4. The van der Waals surface area contributed by atoms with Crippen molar-refractivity contribution in [3.05, 3.63) is 18.4 Å². The van der Waals surface area contributed by atoms with E-state index in [0.717, 1.165) is 0 Å². The van der Waals surface area contributed by atoms with Crippen LogP contribution in [0.4, 0.5) is 0 Å². The quantitative estimate of drug-likeness (QED) is 0.283. The van der Waals surface area contributed by atoms with Gasteiger partial charge in [0.05, 0.1) is 6.26 Å². The number of carbonyl (C=O) groups is 2. The van der Waals surface area contributed by atoms with E-state index < -0.39 is 13.1 Å². The van der Waals surface area contributed by atoms with Crippen molar-refractivity contribution in [1.82, 2.24) is 0 Å². The lowest BCUT2D eigenvalue weighted by Crippen LogP contribution is -2.27. The topological polar surface area (TPSA) is 108 Å². The van der Waals surface area contributed by atoms with Gasteiger partial charge in [0.1, 0.15) is 5.66 Å². The van der Waals surface area contributed by atoms with E-state index in [4.69, 9.17) is 15.2 Å². The molecular formula is C8H7B2O6. The van der Waals surface area contributed by atoms with Gasteiger partial charge in [0.25, 0.3) is 0 Å². The van der Waals surface area contributed by atoms with Crippen LogP contribution < -0.4 is 5.66 Å². The van der Waals surface area contributed by atoms with Gasteiger partial charge in [0.2, 0.25) is 0 Å². The van der Waals surface area contributed by atoms with E-state index in [2.05, 4.69) is 4.42 Å². The largest absolute Gasteiger partial charge is 0.526 e. The monoisotopic (exact) mass is 221 g/mol. The number of aldehydes is 1. The van der Waals surface area contributed by atoms with E-state index in [1.807, 2.05) is 0 Å². The minimum absolute atomic E-state index is 0. The zero-order valence-corrected chi connectivity index (χ0v) is 8.03. The van der Waals surface area contributed by atoms with Crippen molar-refractivity contribution < 1.29 is 29.2 Å². The van der Waals surface area contributed by atoms with Crippen LogP contribution in [-0.4, -0.2) is 42.9 Å². The number of hydrogen-bond acceptors (Lipinski definition) is 5. The second kappa shape index (κ2) is 9.58. The number of hydrogen-bond donors (Lipinski definition) is 3. The molecule has 1 aromatic rings. The van der Waals surface area contributed by atoms with Crippen LogP contribution >= 0.6 is 0 Å². The summed E-state index contributed by atoms with van der Waals surface area (Å²) in [6.07, 6.45) is 1.61. The summed E-state index contributed by atoms with van der Waals surface area (Å²) < 4.78 is 4.59. The minimum atomic E-state index is -1.48. The molecule has 1 rings (SSSR count). The highest BCUT2D eigenvalue weighted by Crippen LogP contribution is 1.82. The summed E-state index contributed by atoms with van der Waals surface area (Å²) in [5.41, 5.74) is 0.171. The van der Waals surface area contributed by atoms with Crippen molar-refractivity contribution in [3.63, 3.8) is 0 Å². The lowest BCUT2D eigenvalue weighted by molar-refractivity contribution is -0.130. The third-order valence-electron chi connectivity index (χ3n) is 1.04. The molecule has 3 N–H and O–H groups in total. The zero-order valence-electron chi connectivity index (χ0n) is 8.03. The summed E-state index contributed by atoms with van der Waals surface area (Å²) in [5.74, 6) is 2.03. The summed E-state index contributed by atoms with van der Waals surface area (Å²) in [7, 11) is -1.48. The Morgan fingerprint density at radius 1 is 1.50 bits per heavy atom. The highest BCUT2D eigenvalue weighted by molar-refractivity contribution is 6.56. The van der Waals surface area contributed by atoms with Gasteiger partial charge in [-0.3, -0.25) is 4.79 Å². The average molecular weight is 221 g/mol. The van der Waals surface area contributed by atoms with E-state index in [0.29, 0.717) is 0 Å². The van der Waals surface area contributed by atoms with Gasteiger partial charge in [-0.2, -0.15) is 0 Å². The molecule has 3 radical (unpaired) electrons. The summed E-state index contributed by atoms with van der Waals surface area (Å²) in [6, 6.07) is 3.08. The minimum Gasteiger partial charge on any atom is -0.473 e. The molecule has 0 aliphatic carbocycles. The van der Waals surface area contributed by atoms with Crippen molar-refractivity contribution in [2.75, 3.05) is 0 Å². The van der Waals surface area contributed by atoms with Crippen molar-refractivity contribution >= 4 is 33.4 Å². The van der Waals surface area contributed by atoms with E-state index in [-0.39, 0.29) is 20.4 Å². The molecule has 0 fully saturated rings. The van der Waals surface area contributed by atoms with Crippen molar-refractivity contribution in [3.8, 4) is 11.8 Å². The first-order valence-electron chi connectivity index (χ1n) is 3.65. The molecule has 0 bridgehead atoms. The molecule has 8 heteroatoms. The Balaban J connectivity index is 0. The van der Waals surface area contributed by atoms with Crippen molar-refractivity contribution in [1.29, 1.82) is 0 Å². The van der Waals surface area contributed by atoms with Crippen LogP contribution in [0, 0.1) is 11.8 Å². The maximum absolute atomic E-state index is 9.43. The predicted octanol–water partition coefficient (Wildman–Crippen LogP) is -2.15. The molecule has 0 atom stereocenters. The first-order chi connectivity index (χ1) is 7.07. The predicted molar refractivity (Wildman–Crippen MR) is 55.8 cm³/mol. The van der Waals surface area contributed by atoms with Crippen LogP contribution in [0.5, 0.6) is 0 Å². The molecule has 81 valence electrons. The fraction of sp³-hybridized carbons (Fsp3) is 0. The van der Waals surface area contributed by atoms with Gasteiger partial charge in [-0.05, 0) is 18.1 Å². The van der Waals surface area contributed by atoms with Crippen LogP contribution in [0.1, 0.15) is 0 Å². The fourth-order valence-corrected chi connectivity index (χ4v) is 0.529. The SMILES string of the molecule is O=CC#CC(=O)O.OB(O)c1ccco1.[B]. The second-order valence-corrected chi connectivity index (χ2v) is 2.08. The van der Waals surface area contributed by atoms with E-state index in [1.165, 1.54) is 12.3 Å². The highest BCUT2D eigenvalue weighted by Gasteiger charge is 2.12. The van der Waals surface area contributed by atoms with Crippen LogP contribution in [-0.2, 0) is 9.59 Å².